The number of nitrogens with zero attached hydrogens (tertiary/aromatic N) is 3. The molecule has 0 spiro atoms. The number of para-hydroxylation sites is 2. The number of rotatable bonds is 5. The normalized spacial score (nSPS) is 16.3. The molecule has 1 fully saturated rings. The average molecular weight is 414 g/mol. The van der Waals surface area contributed by atoms with Gasteiger partial charge in [0.15, 0.2) is 11.6 Å². The lowest BCUT2D eigenvalue weighted by Crippen LogP contribution is -2.36. The maximum Gasteiger partial charge on any atom is 0.172 e. The topological polar surface area (TPSA) is 41.1 Å². The van der Waals surface area contributed by atoms with Crippen molar-refractivity contribution in [2.45, 2.75) is 38.9 Å². The van der Waals surface area contributed by atoms with E-state index in [1.54, 1.807) is 0 Å². The molecule has 7 heteroatoms. The van der Waals surface area contributed by atoms with Gasteiger partial charge in [0.1, 0.15) is 17.8 Å². The Hall–Kier alpha value is -2.83. The molecule has 2 aromatic carbocycles. The number of aromatic nitrogens is 2. The first-order valence-electron chi connectivity index (χ1n) is 10.3. The number of halogens is 3. The molecule has 1 aromatic heterocycles. The molecule has 0 radical (unpaired) electrons. The summed E-state index contributed by atoms with van der Waals surface area (Å²) >= 11 is 0. The minimum Gasteiger partial charge on any atom is -0.365 e. The van der Waals surface area contributed by atoms with Gasteiger partial charge in [-0.2, -0.15) is 0 Å². The fourth-order valence-corrected chi connectivity index (χ4v) is 3.96. The van der Waals surface area contributed by atoms with Crippen LogP contribution < -0.4 is 10.2 Å². The largest absolute Gasteiger partial charge is 0.365 e. The monoisotopic (exact) mass is 414 g/mol. The third kappa shape index (κ3) is 4.20. The van der Waals surface area contributed by atoms with Crippen molar-refractivity contribution < 1.29 is 13.2 Å². The Labute approximate surface area is 174 Å². The van der Waals surface area contributed by atoms with E-state index in [1.165, 1.54) is 6.07 Å². The van der Waals surface area contributed by atoms with Crippen LogP contribution in [0.4, 0.5) is 24.8 Å². The van der Waals surface area contributed by atoms with E-state index in [-0.39, 0.29) is 17.5 Å². The molecule has 1 aliphatic rings. The fraction of sp³-hybridized carbons (Fsp3) is 0.391. The highest BCUT2D eigenvalue weighted by Crippen LogP contribution is 2.37. The molecular formula is C23H25F3N4. The smallest absolute Gasteiger partial charge is 0.172 e. The van der Waals surface area contributed by atoms with E-state index < -0.39 is 17.8 Å². The predicted molar refractivity (Wildman–Crippen MR) is 113 cm³/mol. The summed E-state index contributed by atoms with van der Waals surface area (Å²) in [6.45, 7) is 5.26. The van der Waals surface area contributed by atoms with E-state index in [4.69, 9.17) is 9.97 Å². The molecule has 3 aromatic rings. The van der Waals surface area contributed by atoms with Gasteiger partial charge in [0.05, 0.1) is 11.0 Å². The Morgan fingerprint density at radius 3 is 2.30 bits per heavy atom. The number of anilines is 2. The maximum atomic E-state index is 15.0. The van der Waals surface area contributed by atoms with Crippen LogP contribution in [0.3, 0.4) is 0 Å². The van der Waals surface area contributed by atoms with Gasteiger partial charge in [0, 0.05) is 30.8 Å². The van der Waals surface area contributed by atoms with E-state index in [1.807, 2.05) is 38.1 Å². The summed E-state index contributed by atoms with van der Waals surface area (Å²) in [5.41, 5.74) is 1.55. The quantitative estimate of drug-likeness (QED) is 0.585. The van der Waals surface area contributed by atoms with Gasteiger partial charge < -0.3 is 10.2 Å². The van der Waals surface area contributed by atoms with Gasteiger partial charge in [-0.05, 0) is 50.8 Å². The molecule has 0 amide bonds. The zero-order valence-electron chi connectivity index (χ0n) is 17.1. The second-order valence-electron chi connectivity index (χ2n) is 8.08. The van der Waals surface area contributed by atoms with E-state index in [0.29, 0.717) is 31.7 Å². The van der Waals surface area contributed by atoms with Crippen molar-refractivity contribution in [2.24, 2.45) is 5.92 Å². The lowest BCUT2D eigenvalue weighted by Gasteiger charge is -2.35. The second-order valence-corrected chi connectivity index (χ2v) is 8.08. The number of alkyl halides is 1. The molecule has 4 nitrogen and oxygen atoms in total. The van der Waals surface area contributed by atoms with Crippen molar-refractivity contribution in [3.63, 3.8) is 0 Å². The van der Waals surface area contributed by atoms with Crippen molar-refractivity contribution >= 4 is 22.7 Å². The predicted octanol–water partition coefficient (Wildman–Crippen LogP) is 5.66. The van der Waals surface area contributed by atoms with Crippen LogP contribution in [0.15, 0.2) is 42.5 Å². The Kier molecular flexibility index (Phi) is 5.79. The van der Waals surface area contributed by atoms with Crippen LogP contribution in [-0.4, -0.2) is 29.1 Å². The van der Waals surface area contributed by atoms with Crippen LogP contribution in [0.1, 0.15) is 38.4 Å². The van der Waals surface area contributed by atoms with Crippen molar-refractivity contribution in [1.29, 1.82) is 0 Å². The molecular weight excluding hydrogens is 389 g/mol. The molecule has 0 saturated carbocycles. The SMILES string of the molecule is CC(C)Nc1nc2ccccc2nc1N1CCC(C(F)c2ccc(F)cc2F)CC1. The van der Waals surface area contributed by atoms with E-state index in [0.717, 1.165) is 29.0 Å². The van der Waals surface area contributed by atoms with Crippen molar-refractivity contribution in [1.82, 2.24) is 9.97 Å². The van der Waals surface area contributed by atoms with Gasteiger partial charge >= 0.3 is 0 Å². The van der Waals surface area contributed by atoms with Crippen LogP contribution in [0.5, 0.6) is 0 Å². The highest BCUT2D eigenvalue weighted by molar-refractivity contribution is 5.80. The van der Waals surface area contributed by atoms with Crippen molar-refractivity contribution in [3.8, 4) is 0 Å². The number of benzene rings is 2. The van der Waals surface area contributed by atoms with E-state index in [2.05, 4.69) is 10.2 Å². The maximum absolute atomic E-state index is 15.0. The van der Waals surface area contributed by atoms with E-state index in [9.17, 15) is 13.2 Å². The van der Waals surface area contributed by atoms with Gasteiger partial charge in [0.2, 0.25) is 0 Å². The third-order valence-electron chi connectivity index (χ3n) is 5.49. The first-order valence-corrected chi connectivity index (χ1v) is 10.3. The molecule has 1 saturated heterocycles. The number of hydrogen-bond donors (Lipinski definition) is 1. The Balaban J connectivity index is 1.54. The summed E-state index contributed by atoms with van der Waals surface area (Å²) in [5.74, 6) is -0.379. The summed E-state index contributed by atoms with van der Waals surface area (Å²) in [6, 6.07) is 10.9. The molecule has 1 unspecified atom stereocenters. The molecule has 1 atom stereocenters. The lowest BCUT2D eigenvalue weighted by molar-refractivity contribution is 0.193. The molecule has 4 rings (SSSR count). The van der Waals surface area contributed by atoms with Gasteiger partial charge in [0.25, 0.3) is 0 Å². The van der Waals surface area contributed by atoms with Gasteiger partial charge in [-0.25, -0.2) is 23.1 Å². The van der Waals surface area contributed by atoms with Gasteiger partial charge in [-0.1, -0.05) is 18.2 Å². The van der Waals surface area contributed by atoms with Gasteiger partial charge in [-0.3, -0.25) is 0 Å². The van der Waals surface area contributed by atoms with Crippen LogP contribution in [0.25, 0.3) is 11.0 Å². The Morgan fingerprint density at radius 1 is 1.00 bits per heavy atom. The van der Waals surface area contributed by atoms with Crippen molar-refractivity contribution in [3.05, 3.63) is 59.7 Å². The summed E-state index contributed by atoms with van der Waals surface area (Å²) in [5, 5.41) is 3.36. The molecule has 158 valence electrons. The fourth-order valence-electron chi connectivity index (χ4n) is 3.96. The number of hydrogen-bond acceptors (Lipinski definition) is 4. The first kappa shape index (κ1) is 20.4. The summed E-state index contributed by atoms with van der Waals surface area (Å²) in [6.07, 6.45) is -0.356. The molecule has 0 aliphatic carbocycles. The highest BCUT2D eigenvalue weighted by Gasteiger charge is 2.31. The zero-order valence-corrected chi connectivity index (χ0v) is 17.1. The highest BCUT2D eigenvalue weighted by atomic mass is 19.1. The molecule has 0 bridgehead atoms. The number of nitrogens with one attached hydrogen (secondary N) is 1. The molecule has 30 heavy (non-hydrogen) atoms. The minimum atomic E-state index is -1.45. The average Bonchev–Trinajstić information content (AvgIpc) is 2.72. The standard InChI is InChI=1S/C23H25F3N4/c1-14(2)27-22-23(29-20-6-4-3-5-19(20)28-22)30-11-9-15(10-12-30)21(26)17-8-7-16(24)13-18(17)25/h3-8,13-15,21H,9-12H2,1-2H3,(H,27,28). The summed E-state index contributed by atoms with van der Waals surface area (Å²) in [7, 11) is 0. The van der Waals surface area contributed by atoms with E-state index >= 15 is 0 Å². The second kappa shape index (κ2) is 8.50. The number of piperidine rings is 1. The van der Waals surface area contributed by atoms with Crippen LogP contribution >= 0.6 is 0 Å². The summed E-state index contributed by atoms with van der Waals surface area (Å²) in [4.78, 5) is 11.7. The third-order valence-corrected chi connectivity index (χ3v) is 5.49. The first-order chi connectivity index (χ1) is 14.4. The summed E-state index contributed by atoms with van der Waals surface area (Å²) < 4.78 is 42.1. The molecule has 1 aliphatic heterocycles. The zero-order chi connectivity index (χ0) is 21.3. The van der Waals surface area contributed by atoms with Gasteiger partial charge in [-0.15, -0.1) is 0 Å². The molecule has 1 N–H and O–H groups in total. The number of fused-ring (bicyclic) bond motifs is 1. The Morgan fingerprint density at radius 2 is 1.67 bits per heavy atom. The Bertz CT molecular complexity index is 1030. The lowest BCUT2D eigenvalue weighted by atomic mass is 9.88. The van der Waals surface area contributed by atoms with Crippen LogP contribution in [-0.2, 0) is 0 Å². The van der Waals surface area contributed by atoms with Crippen LogP contribution in [0, 0.1) is 17.6 Å². The minimum absolute atomic E-state index is 0.0671. The van der Waals surface area contributed by atoms with Crippen LogP contribution in [0.2, 0.25) is 0 Å². The van der Waals surface area contributed by atoms with Crippen molar-refractivity contribution in [2.75, 3.05) is 23.3 Å². The molecule has 2 heterocycles.